The van der Waals surface area contributed by atoms with E-state index >= 15 is 0 Å². The largest absolute Gasteiger partial charge is 0.594 e. The summed E-state index contributed by atoms with van der Waals surface area (Å²) in [4.78, 5) is 10.7. The fourth-order valence-corrected chi connectivity index (χ4v) is 3.30. The molecule has 0 saturated carbocycles. The Morgan fingerprint density at radius 3 is 2.33 bits per heavy atom. The summed E-state index contributed by atoms with van der Waals surface area (Å²) < 4.78 is 36.9. The van der Waals surface area contributed by atoms with Gasteiger partial charge in [0.05, 0.1) is 4.90 Å². The Morgan fingerprint density at radius 1 is 1.19 bits per heavy atom. The third-order valence-corrected chi connectivity index (χ3v) is 5.38. The lowest BCUT2D eigenvalue weighted by molar-refractivity contribution is -0.827. The first-order chi connectivity index (χ1) is 12.6. The van der Waals surface area contributed by atoms with E-state index in [9.17, 15) is 23.7 Å². The van der Waals surface area contributed by atoms with Gasteiger partial charge >= 0.3 is 5.66 Å². The van der Waals surface area contributed by atoms with E-state index in [1.165, 1.54) is 12.1 Å². The third-order valence-electron chi connectivity index (χ3n) is 3.91. The standard InChI is InChI=1S/C15H22N4O7S/c1-14(2)25-11-15(12-26-14,19(21)22)18(20)16-9-6-10-17-27(23,24)13-7-4-3-5-8-13/h3-5,7-8,17H,6,9-12H2,1-2H3. The lowest BCUT2D eigenvalue weighted by Gasteiger charge is -2.34. The van der Waals surface area contributed by atoms with Crippen LogP contribution >= 0.6 is 0 Å². The molecule has 0 bridgehead atoms. The van der Waals surface area contributed by atoms with Gasteiger partial charge in [-0.15, -0.1) is 0 Å². The van der Waals surface area contributed by atoms with Gasteiger partial charge in [0.25, 0.3) is 0 Å². The number of nitro groups is 1. The van der Waals surface area contributed by atoms with E-state index in [1.807, 2.05) is 0 Å². The molecule has 27 heavy (non-hydrogen) atoms. The van der Waals surface area contributed by atoms with E-state index in [4.69, 9.17) is 9.47 Å². The smallest absolute Gasteiger partial charge is 0.483 e. The van der Waals surface area contributed by atoms with Gasteiger partial charge < -0.3 is 14.7 Å². The first-order valence-electron chi connectivity index (χ1n) is 8.21. The number of benzene rings is 1. The SMILES string of the molecule is CC1(C)OCC([N+](=O)[O-])([N+]([O-])=NCCCNS(=O)(=O)c2ccccc2)CO1. The van der Waals surface area contributed by atoms with Gasteiger partial charge in [-0.1, -0.05) is 18.2 Å². The van der Waals surface area contributed by atoms with Crippen molar-refractivity contribution in [1.29, 1.82) is 0 Å². The zero-order valence-corrected chi connectivity index (χ0v) is 15.8. The van der Waals surface area contributed by atoms with Crippen LogP contribution < -0.4 is 4.72 Å². The third kappa shape index (κ3) is 5.19. The number of rotatable bonds is 8. The lowest BCUT2D eigenvalue weighted by atomic mass is 10.2. The fraction of sp³-hybridized carbons (Fsp3) is 0.600. The molecule has 150 valence electrons. The molecule has 1 aromatic rings. The van der Waals surface area contributed by atoms with E-state index in [0.29, 0.717) is 0 Å². The minimum atomic E-state index is -3.65. The minimum absolute atomic E-state index is 0.0199. The van der Waals surface area contributed by atoms with Crippen LogP contribution in [-0.4, -0.2) is 56.0 Å². The Hall–Kier alpha value is -2.15. The van der Waals surface area contributed by atoms with E-state index in [-0.39, 0.29) is 29.3 Å². The first-order valence-corrected chi connectivity index (χ1v) is 9.69. The van der Waals surface area contributed by atoms with Crippen molar-refractivity contribution in [3.8, 4) is 0 Å². The topological polar surface area (TPSA) is 146 Å². The van der Waals surface area contributed by atoms with Crippen LogP contribution in [-0.2, 0) is 19.5 Å². The average Bonchev–Trinajstić information content (AvgIpc) is 2.62. The van der Waals surface area contributed by atoms with Gasteiger partial charge in [-0.3, -0.25) is 10.1 Å². The van der Waals surface area contributed by atoms with Gasteiger partial charge in [-0.2, -0.15) is 0 Å². The zero-order chi connectivity index (χ0) is 20.1. The molecule has 1 fully saturated rings. The monoisotopic (exact) mass is 402 g/mol. The van der Waals surface area contributed by atoms with Crippen LogP contribution in [0, 0.1) is 15.3 Å². The van der Waals surface area contributed by atoms with Crippen molar-refractivity contribution in [2.75, 3.05) is 26.3 Å². The lowest BCUT2D eigenvalue weighted by Crippen LogP contribution is -2.60. The number of hydroxylamine groups is 1. The molecule has 11 nitrogen and oxygen atoms in total. The molecule has 0 unspecified atom stereocenters. The van der Waals surface area contributed by atoms with Crippen LogP contribution in [0.1, 0.15) is 20.3 Å². The minimum Gasteiger partial charge on any atom is -0.594 e. The van der Waals surface area contributed by atoms with Gasteiger partial charge in [-0.05, 0) is 42.4 Å². The Morgan fingerprint density at radius 2 is 1.78 bits per heavy atom. The maximum Gasteiger partial charge on any atom is 0.483 e. The van der Waals surface area contributed by atoms with Crippen molar-refractivity contribution in [3.05, 3.63) is 45.7 Å². The Kier molecular flexibility index (Phi) is 6.46. The summed E-state index contributed by atoms with van der Waals surface area (Å²) in [6.07, 6.45) is 0.186. The summed E-state index contributed by atoms with van der Waals surface area (Å²) >= 11 is 0. The quantitative estimate of drug-likeness (QED) is 0.171. The number of ether oxygens (including phenoxy) is 2. The molecule has 0 radical (unpaired) electrons. The second-order valence-electron chi connectivity index (χ2n) is 6.42. The van der Waals surface area contributed by atoms with E-state index in [0.717, 1.165) is 0 Å². The molecule has 1 saturated heterocycles. The van der Waals surface area contributed by atoms with Crippen molar-refractivity contribution in [1.82, 2.24) is 4.72 Å². The normalized spacial score (nSPS) is 19.6. The molecular formula is C15H22N4O7S. The van der Waals surface area contributed by atoms with Gasteiger partial charge in [0, 0.05) is 6.54 Å². The van der Waals surface area contributed by atoms with E-state index in [1.54, 1.807) is 32.0 Å². The molecule has 1 aliphatic heterocycles. The Bertz CT molecular complexity index is 786. The molecule has 0 aliphatic carbocycles. The number of sulfonamides is 1. The summed E-state index contributed by atoms with van der Waals surface area (Å²) in [7, 11) is -3.65. The summed E-state index contributed by atoms with van der Waals surface area (Å²) in [5, 5.41) is 27.1. The molecule has 1 aliphatic rings. The number of nitrogens with one attached hydrogen (secondary N) is 1. The average molecular weight is 402 g/mol. The summed E-state index contributed by atoms with van der Waals surface area (Å²) in [5.41, 5.74) is -2.15. The molecule has 1 aromatic carbocycles. The van der Waals surface area contributed by atoms with Crippen LogP contribution in [0.25, 0.3) is 0 Å². The molecule has 0 spiro atoms. The molecule has 1 N–H and O–H groups in total. The van der Waals surface area contributed by atoms with Gasteiger partial charge in [0.2, 0.25) is 10.0 Å². The van der Waals surface area contributed by atoms with Crippen LogP contribution in [0.15, 0.2) is 40.3 Å². The molecule has 2 rings (SSSR count). The van der Waals surface area contributed by atoms with Crippen LogP contribution in [0.3, 0.4) is 0 Å². The second kappa shape index (κ2) is 8.25. The molecule has 0 atom stereocenters. The van der Waals surface area contributed by atoms with Crippen molar-refractivity contribution in [3.63, 3.8) is 0 Å². The highest BCUT2D eigenvalue weighted by Crippen LogP contribution is 2.26. The van der Waals surface area contributed by atoms with Crippen LogP contribution in [0.5, 0.6) is 0 Å². The number of azo groups is 1. The summed E-state index contributed by atoms with van der Waals surface area (Å²) in [6.45, 7) is 2.16. The highest BCUT2D eigenvalue weighted by atomic mass is 32.2. The molecule has 12 heteroatoms. The van der Waals surface area contributed by atoms with Gasteiger partial charge in [0.15, 0.2) is 19.0 Å². The van der Waals surface area contributed by atoms with Crippen molar-refractivity contribution in [2.24, 2.45) is 5.11 Å². The maximum atomic E-state index is 12.2. The van der Waals surface area contributed by atoms with E-state index in [2.05, 4.69) is 9.84 Å². The molecular weight excluding hydrogens is 380 g/mol. The molecule has 0 amide bonds. The summed E-state index contributed by atoms with van der Waals surface area (Å²) in [6, 6.07) is 7.82. The first kappa shape index (κ1) is 21.2. The van der Waals surface area contributed by atoms with Crippen molar-refractivity contribution >= 4 is 10.0 Å². The predicted molar refractivity (Wildman–Crippen MR) is 92.9 cm³/mol. The molecule has 1 heterocycles. The van der Waals surface area contributed by atoms with Gasteiger partial charge in [0.1, 0.15) is 11.5 Å². The summed E-state index contributed by atoms with van der Waals surface area (Å²) in [5.74, 6) is -1.02. The second-order valence-corrected chi connectivity index (χ2v) is 8.19. The van der Waals surface area contributed by atoms with Gasteiger partial charge in [-0.25, -0.2) is 13.1 Å². The Labute approximate surface area is 156 Å². The number of hydrogen-bond acceptors (Lipinski definition) is 8. The maximum absolute atomic E-state index is 12.2. The Balaban J connectivity index is 1.90. The zero-order valence-electron chi connectivity index (χ0n) is 15.0. The van der Waals surface area contributed by atoms with Crippen molar-refractivity contribution in [2.45, 2.75) is 36.6 Å². The van der Waals surface area contributed by atoms with Crippen LogP contribution in [0.4, 0.5) is 0 Å². The highest BCUT2D eigenvalue weighted by molar-refractivity contribution is 7.89. The highest BCUT2D eigenvalue weighted by Gasteiger charge is 2.59. The van der Waals surface area contributed by atoms with E-state index < -0.39 is 39.6 Å². The fourth-order valence-electron chi connectivity index (χ4n) is 2.21. The molecule has 0 aromatic heterocycles. The van der Waals surface area contributed by atoms with Crippen LogP contribution in [0.2, 0.25) is 0 Å². The number of hydrogen-bond donors (Lipinski definition) is 1. The number of nitrogens with zero attached hydrogens (tertiary/aromatic N) is 3. The predicted octanol–water partition coefficient (Wildman–Crippen LogP) is 1.07. The van der Waals surface area contributed by atoms with Crippen molar-refractivity contribution < 1.29 is 27.7 Å².